The van der Waals surface area contributed by atoms with Gasteiger partial charge in [0.2, 0.25) is 5.91 Å². The summed E-state index contributed by atoms with van der Waals surface area (Å²) in [6.07, 6.45) is 6.38. The molecule has 1 saturated carbocycles. The SMILES string of the molecule is CC(NC(=O)C1C2C=CC(C2)C1C(=O)O)c1ccccn1. The lowest BCUT2D eigenvalue weighted by Crippen LogP contribution is -2.41. The van der Waals surface area contributed by atoms with Crippen molar-refractivity contribution in [2.75, 3.05) is 0 Å². The van der Waals surface area contributed by atoms with Gasteiger partial charge in [-0.05, 0) is 37.3 Å². The second kappa shape index (κ2) is 5.31. The minimum atomic E-state index is -0.877. The quantitative estimate of drug-likeness (QED) is 0.827. The number of hydrogen-bond acceptors (Lipinski definition) is 3. The van der Waals surface area contributed by atoms with Gasteiger partial charge in [0, 0.05) is 6.20 Å². The van der Waals surface area contributed by atoms with Crippen LogP contribution in [0.5, 0.6) is 0 Å². The molecule has 5 atom stereocenters. The van der Waals surface area contributed by atoms with Gasteiger partial charge in [0.15, 0.2) is 0 Å². The third-order valence-electron chi connectivity index (χ3n) is 4.54. The van der Waals surface area contributed by atoms with Gasteiger partial charge < -0.3 is 10.4 Å². The first kappa shape index (κ1) is 13.8. The number of nitrogens with one attached hydrogen (secondary N) is 1. The third kappa shape index (κ3) is 2.44. The predicted molar refractivity (Wildman–Crippen MR) is 76.1 cm³/mol. The Labute approximate surface area is 123 Å². The molecule has 2 N–H and O–H groups in total. The van der Waals surface area contributed by atoms with E-state index in [-0.39, 0.29) is 23.8 Å². The van der Waals surface area contributed by atoms with E-state index in [2.05, 4.69) is 10.3 Å². The molecule has 2 aliphatic rings. The summed E-state index contributed by atoms with van der Waals surface area (Å²) < 4.78 is 0. The molecule has 1 heterocycles. The van der Waals surface area contributed by atoms with E-state index in [0.717, 1.165) is 12.1 Å². The minimum Gasteiger partial charge on any atom is -0.481 e. The molecule has 5 unspecified atom stereocenters. The monoisotopic (exact) mass is 286 g/mol. The number of carboxylic acid groups (broad SMARTS) is 1. The van der Waals surface area contributed by atoms with Crippen molar-refractivity contribution in [1.29, 1.82) is 0 Å². The highest BCUT2D eigenvalue weighted by Gasteiger charge is 2.51. The van der Waals surface area contributed by atoms with Crippen LogP contribution in [0.3, 0.4) is 0 Å². The molecular weight excluding hydrogens is 268 g/mol. The lowest BCUT2D eigenvalue weighted by Gasteiger charge is -2.25. The molecule has 0 radical (unpaired) electrons. The van der Waals surface area contributed by atoms with Crippen LogP contribution in [0.1, 0.15) is 25.1 Å². The molecule has 1 amide bonds. The molecule has 1 aromatic rings. The summed E-state index contributed by atoms with van der Waals surface area (Å²) in [6, 6.07) is 5.31. The first-order chi connectivity index (χ1) is 10.1. The zero-order valence-electron chi connectivity index (χ0n) is 11.8. The van der Waals surface area contributed by atoms with Gasteiger partial charge in [0.05, 0.1) is 23.6 Å². The van der Waals surface area contributed by atoms with Gasteiger partial charge in [-0.1, -0.05) is 18.2 Å². The zero-order valence-corrected chi connectivity index (χ0v) is 11.8. The van der Waals surface area contributed by atoms with Crippen molar-refractivity contribution in [3.63, 3.8) is 0 Å². The van der Waals surface area contributed by atoms with E-state index in [1.807, 2.05) is 37.3 Å². The highest BCUT2D eigenvalue weighted by molar-refractivity contribution is 5.87. The van der Waals surface area contributed by atoms with Crippen molar-refractivity contribution >= 4 is 11.9 Å². The number of fused-ring (bicyclic) bond motifs is 2. The van der Waals surface area contributed by atoms with Crippen LogP contribution in [0, 0.1) is 23.7 Å². The molecule has 110 valence electrons. The number of amides is 1. The van der Waals surface area contributed by atoms with Gasteiger partial charge in [-0.3, -0.25) is 14.6 Å². The highest BCUT2D eigenvalue weighted by atomic mass is 16.4. The third-order valence-corrected chi connectivity index (χ3v) is 4.54. The maximum absolute atomic E-state index is 12.5. The second-order valence-corrected chi connectivity index (χ2v) is 5.82. The fraction of sp³-hybridized carbons (Fsp3) is 0.438. The van der Waals surface area contributed by atoms with Crippen molar-refractivity contribution in [2.24, 2.45) is 23.7 Å². The summed E-state index contributed by atoms with van der Waals surface area (Å²) in [5.41, 5.74) is 0.774. The van der Waals surface area contributed by atoms with Crippen molar-refractivity contribution in [3.05, 3.63) is 42.2 Å². The van der Waals surface area contributed by atoms with Crippen molar-refractivity contribution in [2.45, 2.75) is 19.4 Å². The summed E-state index contributed by atoms with van der Waals surface area (Å²) >= 11 is 0. The number of hydrogen-bond donors (Lipinski definition) is 2. The molecule has 5 heteroatoms. The maximum Gasteiger partial charge on any atom is 0.307 e. The number of carboxylic acids is 1. The van der Waals surface area contributed by atoms with Crippen LogP contribution in [0.15, 0.2) is 36.5 Å². The number of pyridine rings is 1. The predicted octanol–water partition coefficient (Wildman–Crippen LogP) is 1.78. The molecular formula is C16H18N2O3. The Morgan fingerprint density at radius 3 is 2.62 bits per heavy atom. The number of rotatable bonds is 4. The molecule has 2 bridgehead atoms. The zero-order chi connectivity index (χ0) is 15.0. The van der Waals surface area contributed by atoms with Crippen LogP contribution in [-0.4, -0.2) is 22.0 Å². The number of carbonyl (C=O) groups excluding carboxylic acids is 1. The topological polar surface area (TPSA) is 79.3 Å². The Morgan fingerprint density at radius 2 is 2.00 bits per heavy atom. The van der Waals surface area contributed by atoms with Crippen molar-refractivity contribution < 1.29 is 14.7 Å². The smallest absolute Gasteiger partial charge is 0.307 e. The average Bonchev–Trinajstić information content (AvgIpc) is 3.08. The molecule has 0 spiro atoms. The van der Waals surface area contributed by atoms with Crippen molar-refractivity contribution in [3.8, 4) is 0 Å². The van der Waals surface area contributed by atoms with E-state index in [0.29, 0.717) is 0 Å². The fourth-order valence-electron chi connectivity index (χ4n) is 3.53. The van der Waals surface area contributed by atoms with E-state index < -0.39 is 17.8 Å². The molecule has 3 rings (SSSR count). The summed E-state index contributed by atoms with van der Waals surface area (Å²) in [4.78, 5) is 28.1. The average molecular weight is 286 g/mol. The number of aliphatic carboxylic acids is 1. The molecule has 0 aromatic carbocycles. The van der Waals surface area contributed by atoms with Gasteiger partial charge >= 0.3 is 5.97 Å². The van der Waals surface area contributed by atoms with Gasteiger partial charge in [-0.2, -0.15) is 0 Å². The second-order valence-electron chi connectivity index (χ2n) is 5.82. The van der Waals surface area contributed by atoms with Gasteiger partial charge in [-0.25, -0.2) is 0 Å². The van der Waals surface area contributed by atoms with Crippen molar-refractivity contribution in [1.82, 2.24) is 10.3 Å². The molecule has 5 nitrogen and oxygen atoms in total. The van der Waals surface area contributed by atoms with Gasteiger partial charge in [0.25, 0.3) is 0 Å². The van der Waals surface area contributed by atoms with Crippen LogP contribution in [0.25, 0.3) is 0 Å². The standard InChI is InChI=1S/C16H18N2O3/c1-9(12-4-2-3-7-17-12)18-15(19)13-10-5-6-11(8-10)14(13)16(20)21/h2-7,9-11,13-14H,8H2,1H3,(H,18,19)(H,20,21). The van der Waals surface area contributed by atoms with Crippen LogP contribution >= 0.6 is 0 Å². The van der Waals surface area contributed by atoms with Crippen LogP contribution < -0.4 is 5.32 Å². The normalized spacial score (nSPS) is 31.1. The summed E-state index contributed by atoms with van der Waals surface area (Å²) in [5.74, 6) is -2.09. The van der Waals surface area contributed by atoms with Crippen LogP contribution in [0.4, 0.5) is 0 Å². The molecule has 21 heavy (non-hydrogen) atoms. The molecule has 2 aliphatic carbocycles. The van der Waals surface area contributed by atoms with Gasteiger partial charge in [-0.15, -0.1) is 0 Å². The number of allylic oxidation sites excluding steroid dienone is 2. The number of aromatic nitrogens is 1. The van der Waals surface area contributed by atoms with E-state index in [1.54, 1.807) is 6.20 Å². The lowest BCUT2D eigenvalue weighted by molar-refractivity contribution is -0.148. The first-order valence-corrected chi connectivity index (χ1v) is 7.20. The number of nitrogens with zero attached hydrogens (tertiary/aromatic N) is 1. The Morgan fingerprint density at radius 1 is 1.29 bits per heavy atom. The molecule has 1 fully saturated rings. The summed E-state index contributed by atoms with van der Waals surface area (Å²) in [5, 5.41) is 12.3. The highest BCUT2D eigenvalue weighted by Crippen LogP contribution is 2.48. The Balaban J connectivity index is 1.73. The molecule has 1 aromatic heterocycles. The largest absolute Gasteiger partial charge is 0.481 e. The van der Waals surface area contributed by atoms with E-state index in [1.165, 1.54) is 0 Å². The molecule has 0 saturated heterocycles. The Kier molecular flexibility index (Phi) is 3.49. The first-order valence-electron chi connectivity index (χ1n) is 7.20. The van der Waals surface area contributed by atoms with E-state index >= 15 is 0 Å². The van der Waals surface area contributed by atoms with Crippen LogP contribution in [0.2, 0.25) is 0 Å². The summed E-state index contributed by atoms with van der Waals surface area (Å²) in [7, 11) is 0. The van der Waals surface area contributed by atoms with E-state index in [9.17, 15) is 14.7 Å². The van der Waals surface area contributed by atoms with E-state index in [4.69, 9.17) is 0 Å². The lowest BCUT2D eigenvalue weighted by atomic mass is 9.82. The minimum absolute atomic E-state index is 0.00611. The Hall–Kier alpha value is -2.17. The Bertz CT molecular complexity index is 584. The molecule has 0 aliphatic heterocycles. The summed E-state index contributed by atoms with van der Waals surface area (Å²) in [6.45, 7) is 1.86. The van der Waals surface area contributed by atoms with Crippen LogP contribution in [-0.2, 0) is 9.59 Å². The van der Waals surface area contributed by atoms with Gasteiger partial charge in [0.1, 0.15) is 0 Å². The maximum atomic E-state index is 12.5. The fourth-order valence-corrected chi connectivity index (χ4v) is 3.53. The number of carbonyl (C=O) groups is 2.